The number of hydrogen-bond donors (Lipinski definition) is 2. The third kappa shape index (κ3) is 4.05. The second-order valence-corrected chi connectivity index (χ2v) is 4.82. The van der Waals surface area contributed by atoms with E-state index in [1.807, 2.05) is 6.07 Å². The van der Waals surface area contributed by atoms with Crippen molar-refractivity contribution in [1.82, 2.24) is 5.32 Å². The number of carbonyl (C=O) groups excluding carboxylic acids is 1. The van der Waals surface area contributed by atoms with Gasteiger partial charge in [-0.1, -0.05) is 36.4 Å². The summed E-state index contributed by atoms with van der Waals surface area (Å²) in [6.07, 6.45) is -0.673. The Hall–Kier alpha value is -2.40. The van der Waals surface area contributed by atoms with Crippen molar-refractivity contribution in [2.45, 2.75) is 12.5 Å². The average Bonchev–Trinajstić information content (AvgIpc) is 2.56. The van der Waals surface area contributed by atoms with Crippen LogP contribution in [0.1, 0.15) is 17.2 Å². The summed E-state index contributed by atoms with van der Waals surface area (Å²) in [6, 6.07) is 13.3. The number of rotatable bonds is 6. The molecule has 2 aromatic carbocycles. The molecule has 1 atom stereocenters. The summed E-state index contributed by atoms with van der Waals surface area (Å²) in [5.74, 6) is -0.705. The van der Waals surface area contributed by atoms with Gasteiger partial charge in [0.05, 0.1) is 7.11 Å². The van der Waals surface area contributed by atoms with E-state index in [4.69, 9.17) is 4.74 Å². The molecular formula is C17H18FNO3. The lowest BCUT2D eigenvalue weighted by Crippen LogP contribution is -2.30. The van der Waals surface area contributed by atoms with Gasteiger partial charge in [-0.2, -0.15) is 0 Å². The second-order valence-electron chi connectivity index (χ2n) is 4.82. The van der Waals surface area contributed by atoms with Gasteiger partial charge in [0, 0.05) is 6.54 Å². The monoisotopic (exact) mass is 303 g/mol. The average molecular weight is 303 g/mol. The lowest BCUT2D eigenvalue weighted by Gasteiger charge is -2.12. The predicted octanol–water partition coefficient (Wildman–Crippen LogP) is 2.23. The zero-order chi connectivity index (χ0) is 15.9. The summed E-state index contributed by atoms with van der Waals surface area (Å²) in [5, 5.41) is 12.6. The van der Waals surface area contributed by atoms with Gasteiger partial charge in [0.2, 0.25) is 0 Å². The first-order chi connectivity index (χ1) is 10.6. The first-order valence-corrected chi connectivity index (χ1v) is 6.95. The summed E-state index contributed by atoms with van der Waals surface area (Å²) in [7, 11) is 1.40. The van der Waals surface area contributed by atoms with Crippen LogP contribution in [0.15, 0.2) is 48.5 Å². The van der Waals surface area contributed by atoms with E-state index >= 15 is 0 Å². The number of halogens is 1. The Balaban J connectivity index is 1.87. The molecule has 2 rings (SSSR count). The highest BCUT2D eigenvalue weighted by molar-refractivity contribution is 5.81. The van der Waals surface area contributed by atoms with Crippen molar-refractivity contribution < 1.29 is 19.0 Å². The molecule has 0 fully saturated rings. The molecule has 0 bridgehead atoms. The summed E-state index contributed by atoms with van der Waals surface area (Å²) < 4.78 is 18.2. The highest BCUT2D eigenvalue weighted by Crippen LogP contribution is 2.18. The van der Waals surface area contributed by atoms with Gasteiger partial charge in [-0.15, -0.1) is 0 Å². The number of benzene rings is 2. The van der Waals surface area contributed by atoms with Gasteiger partial charge in [0.25, 0.3) is 5.91 Å². The number of ether oxygens (including phenoxy) is 1. The molecule has 0 saturated carbocycles. The van der Waals surface area contributed by atoms with Crippen LogP contribution in [0, 0.1) is 5.82 Å². The number of methoxy groups -OCH3 is 1. The molecule has 0 aromatic heterocycles. The summed E-state index contributed by atoms with van der Waals surface area (Å²) >= 11 is 0. The molecule has 2 aromatic rings. The molecule has 1 amide bonds. The minimum Gasteiger partial charge on any atom is -0.494 e. The largest absolute Gasteiger partial charge is 0.494 e. The minimum atomic E-state index is -1.19. The quantitative estimate of drug-likeness (QED) is 0.860. The Kier molecular flexibility index (Phi) is 5.49. The second kappa shape index (κ2) is 7.56. The highest BCUT2D eigenvalue weighted by atomic mass is 19.1. The van der Waals surface area contributed by atoms with Crippen LogP contribution in [0.3, 0.4) is 0 Å². The van der Waals surface area contributed by atoms with Crippen molar-refractivity contribution in [3.8, 4) is 5.75 Å². The Bertz CT molecular complexity index is 631. The topological polar surface area (TPSA) is 58.6 Å². The maximum absolute atomic E-state index is 13.3. The van der Waals surface area contributed by atoms with Gasteiger partial charge in [-0.05, 0) is 29.7 Å². The zero-order valence-electron chi connectivity index (χ0n) is 12.3. The smallest absolute Gasteiger partial charge is 0.253 e. The molecule has 0 heterocycles. The lowest BCUT2D eigenvalue weighted by atomic mass is 10.1. The standard InChI is InChI=1S/C17H18FNO3/c1-22-15-11-12(7-8-14(15)18)9-10-19-17(21)16(20)13-5-3-2-4-6-13/h2-8,11,16,20H,9-10H2,1H3,(H,19,21)/t16-/m1/s1. The van der Waals surface area contributed by atoms with Gasteiger partial charge in [0.1, 0.15) is 0 Å². The normalized spacial score (nSPS) is 11.8. The number of aliphatic hydroxyl groups is 1. The van der Waals surface area contributed by atoms with Crippen LogP contribution in [0.5, 0.6) is 5.75 Å². The van der Waals surface area contributed by atoms with Crippen LogP contribution in [-0.4, -0.2) is 24.7 Å². The van der Waals surface area contributed by atoms with E-state index in [0.29, 0.717) is 18.5 Å². The van der Waals surface area contributed by atoms with E-state index < -0.39 is 17.8 Å². The van der Waals surface area contributed by atoms with Crippen LogP contribution in [0.25, 0.3) is 0 Å². The predicted molar refractivity (Wildman–Crippen MR) is 81.1 cm³/mol. The van der Waals surface area contributed by atoms with Crippen molar-refractivity contribution in [3.63, 3.8) is 0 Å². The molecule has 0 aliphatic rings. The number of carbonyl (C=O) groups is 1. The molecule has 0 aliphatic heterocycles. The van der Waals surface area contributed by atoms with Crippen molar-refractivity contribution in [1.29, 1.82) is 0 Å². The van der Waals surface area contributed by atoms with Gasteiger partial charge in [0.15, 0.2) is 17.7 Å². The molecule has 0 aliphatic carbocycles. The third-order valence-corrected chi connectivity index (χ3v) is 3.29. The fourth-order valence-corrected chi connectivity index (χ4v) is 2.07. The first-order valence-electron chi connectivity index (χ1n) is 6.95. The number of amides is 1. The zero-order valence-corrected chi connectivity index (χ0v) is 12.3. The molecule has 0 saturated heterocycles. The Morgan fingerprint density at radius 2 is 2.00 bits per heavy atom. The maximum atomic E-state index is 13.3. The van der Waals surface area contributed by atoms with E-state index in [1.54, 1.807) is 36.4 Å². The maximum Gasteiger partial charge on any atom is 0.253 e. The van der Waals surface area contributed by atoms with Gasteiger partial charge in [-0.25, -0.2) is 4.39 Å². The van der Waals surface area contributed by atoms with Crippen LogP contribution >= 0.6 is 0 Å². The van der Waals surface area contributed by atoms with Crippen LogP contribution in [-0.2, 0) is 11.2 Å². The van der Waals surface area contributed by atoms with Gasteiger partial charge in [-0.3, -0.25) is 4.79 Å². The third-order valence-electron chi connectivity index (χ3n) is 3.29. The summed E-state index contributed by atoms with van der Waals surface area (Å²) in [5.41, 5.74) is 1.39. The highest BCUT2D eigenvalue weighted by Gasteiger charge is 2.16. The van der Waals surface area contributed by atoms with Gasteiger partial charge < -0.3 is 15.2 Å². The lowest BCUT2D eigenvalue weighted by molar-refractivity contribution is -0.129. The molecule has 0 spiro atoms. The first kappa shape index (κ1) is 16.0. The van der Waals surface area contributed by atoms with E-state index in [2.05, 4.69) is 5.32 Å². The number of aliphatic hydroxyl groups excluding tert-OH is 1. The summed E-state index contributed by atoms with van der Waals surface area (Å²) in [6.45, 7) is 0.345. The molecule has 116 valence electrons. The Labute approximate surface area is 128 Å². The molecule has 0 radical (unpaired) electrons. The van der Waals surface area contributed by atoms with E-state index in [9.17, 15) is 14.3 Å². The van der Waals surface area contributed by atoms with Crippen LogP contribution in [0.2, 0.25) is 0 Å². The molecule has 4 nitrogen and oxygen atoms in total. The van der Waals surface area contributed by atoms with Crippen molar-refractivity contribution in [3.05, 3.63) is 65.5 Å². The molecule has 22 heavy (non-hydrogen) atoms. The molecule has 5 heteroatoms. The molecular weight excluding hydrogens is 285 g/mol. The number of hydrogen-bond acceptors (Lipinski definition) is 3. The van der Waals surface area contributed by atoms with E-state index in [0.717, 1.165) is 5.56 Å². The minimum absolute atomic E-state index is 0.174. The summed E-state index contributed by atoms with van der Waals surface area (Å²) in [4.78, 5) is 11.9. The Morgan fingerprint density at radius 3 is 2.68 bits per heavy atom. The van der Waals surface area contributed by atoms with E-state index in [-0.39, 0.29) is 5.75 Å². The van der Waals surface area contributed by atoms with E-state index in [1.165, 1.54) is 13.2 Å². The van der Waals surface area contributed by atoms with Crippen molar-refractivity contribution in [2.24, 2.45) is 0 Å². The molecule has 2 N–H and O–H groups in total. The van der Waals surface area contributed by atoms with Crippen molar-refractivity contribution >= 4 is 5.91 Å². The Morgan fingerprint density at radius 1 is 1.27 bits per heavy atom. The SMILES string of the molecule is COc1cc(CCNC(=O)[C@H](O)c2ccccc2)ccc1F. The van der Waals surface area contributed by atoms with Gasteiger partial charge >= 0.3 is 0 Å². The number of nitrogens with one attached hydrogen (secondary N) is 1. The van der Waals surface area contributed by atoms with Crippen LogP contribution in [0.4, 0.5) is 4.39 Å². The molecule has 0 unspecified atom stereocenters. The fraction of sp³-hybridized carbons (Fsp3) is 0.235. The van der Waals surface area contributed by atoms with Crippen LogP contribution < -0.4 is 10.1 Å². The van der Waals surface area contributed by atoms with Crippen molar-refractivity contribution in [2.75, 3.05) is 13.7 Å². The fourth-order valence-electron chi connectivity index (χ4n) is 2.07.